The van der Waals surface area contributed by atoms with Crippen LogP contribution < -0.4 is 0 Å². The third-order valence-electron chi connectivity index (χ3n) is 11.9. The Balaban J connectivity index is 4.29. The van der Waals surface area contributed by atoms with Gasteiger partial charge in [0.25, 0.3) is 0 Å². The maximum absolute atomic E-state index is 12.8. The lowest BCUT2D eigenvalue weighted by atomic mass is 10.00. The first-order valence-electron chi connectivity index (χ1n) is 25.4. The van der Waals surface area contributed by atoms with Crippen LogP contribution in [0.3, 0.4) is 0 Å². The molecule has 0 aromatic rings. The summed E-state index contributed by atoms with van der Waals surface area (Å²) in [5.74, 6) is -0.0350. The molecule has 6 heteroatoms. The van der Waals surface area contributed by atoms with E-state index in [1.165, 1.54) is 180 Å². The van der Waals surface area contributed by atoms with Crippen molar-refractivity contribution in [3.63, 3.8) is 0 Å². The summed E-state index contributed by atoms with van der Waals surface area (Å²) < 4.78 is 16.8. The molecule has 0 aliphatic heterocycles. The van der Waals surface area contributed by atoms with Gasteiger partial charge in [0.15, 0.2) is 6.10 Å². The fourth-order valence-electron chi connectivity index (χ4n) is 7.66. The minimum Gasteiger partial charge on any atom is -0.462 e. The fraction of sp³-hybridized carbons (Fsp3) is 0.941. The molecular formula is C51H98O6. The van der Waals surface area contributed by atoms with E-state index < -0.39 is 6.10 Å². The van der Waals surface area contributed by atoms with Crippen molar-refractivity contribution in [2.24, 2.45) is 5.92 Å². The minimum absolute atomic E-state index is 0.0637. The highest BCUT2D eigenvalue weighted by Crippen LogP contribution is 2.17. The molecule has 2 atom stereocenters. The smallest absolute Gasteiger partial charge is 0.306 e. The molecule has 0 saturated carbocycles. The topological polar surface area (TPSA) is 78.9 Å². The number of hydrogen-bond acceptors (Lipinski definition) is 6. The van der Waals surface area contributed by atoms with Gasteiger partial charge in [0.2, 0.25) is 0 Å². The van der Waals surface area contributed by atoms with Crippen molar-refractivity contribution < 1.29 is 28.6 Å². The van der Waals surface area contributed by atoms with Crippen LogP contribution in [0.5, 0.6) is 0 Å². The molecule has 57 heavy (non-hydrogen) atoms. The molecule has 0 heterocycles. The van der Waals surface area contributed by atoms with Gasteiger partial charge in [0.05, 0.1) is 0 Å². The van der Waals surface area contributed by atoms with Gasteiger partial charge in [-0.3, -0.25) is 14.4 Å². The molecule has 0 rings (SSSR count). The molecule has 0 saturated heterocycles. The third kappa shape index (κ3) is 43.8. The Kier molecular flexibility index (Phi) is 44.2. The Morgan fingerprint density at radius 1 is 0.351 bits per heavy atom. The van der Waals surface area contributed by atoms with Crippen molar-refractivity contribution in [3.8, 4) is 0 Å². The second-order valence-electron chi connectivity index (χ2n) is 17.7. The average Bonchev–Trinajstić information content (AvgIpc) is 3.21. The summed E-state index contributed by atoms with van der Waals surface area (Å²) in [6.45, 7) is 8.99. The molecule has 0 amide bonds. The van der Waals surface area contributed by atoms with Gasteiger partial charge >= 0.3 is 17.9 Å². The van der Waals surface area contributed by atoms with Crippen molar-refractivity contribution in [1.82, 2.24) is 0 Å². The predicted octanol–water partition coefficient (Wildman–Crippen LogP) is 16.3. The zero-order chi connectivity index (χ0) is 41.7. The normalized spacial score (nSPS) is 12.4. The standard InChI is InChI=1S/C51H98O6/c1-5-8-10-12-14-16-18-20-21-22-23-24-26-28-30-36-40-44-51(54)57-48(46-56-50(53)43-39-35-32-31-33-37-41-47(4)7-3)45-55-49(52)42-38-34-29-27-25-19-17-15-13-11-9-6-2/h47-48H,5-46H2,1-4H3/t47?,48-/m1/s1. The lowest BCUT2D eigenvalue weighted by molar-refractivity contribution is -0.167. The van der Waals surface area contributed by atoms with Crippen LogP contribution in [0, 0.1) is 5.92 Å². The van der Waals surface area contributed by atoms with E-state index in [0.717, 1.165) is 63.7 Å². The summed E-state index contributed by atoms with van der Waals surface area (Å²) in [7, 11) is 0. The number of hydrogen-bond donors (Lipinski definition) is 0. The third-order valence-corrected chi connectivity index (χ3v) is 11.9. The summed E-state index contributed by atoms with van der Waals surface area (Å²) in [5, 5.41) is 0. The van der Waals surface area contributed by atoms with E-state index in [4.69, 9.17) is 14.2 Å². The SMILES string of the molecule is CCCCCCCCCCCCCCCCCCCC(=O)O[C@H](COC(=O)CCCCCCCCCCCCCC)COC(=O)CCCCCCCCC(C)CC. The Bertz CT molecular complexity index is 859. The second kappa shape index (κ2) is 45.5. The molecule has 1 unspecified atom stereocenters. The summed E-state index contributed by atoms with van der Waals surface area (Å²) in [6.07, 6.45) is 46.6. The summed E-state index contributed by atoms with van der Waals surface area (Å²) in [6, 6.07) is 0. The van der Waals surface area contributed by atoms with Gasteiger partial charge in [-0.15, -0.1) is 0 Å². The lowest BCUT2D eigenvalue weighted by Crippen LogP contribution is -2.30. The van der Waals surface area contributed by atoms with Crippen LogP contribution in [0.4, 0.5) is 0 Å². The van der Waals surface area contributed by atoms with Crippen molar-refractivity contribution in [3.05, 3.63) is 0 Å². The summed E-state index contributed by atoms with van der Waals surface area (Å²) in [4.78, 5) is 37.8. The first-order chi connectivity index (χ1) is 27.9. The van der Waals surface area contributed by atoms with E-state index >= 15 is 0 Å². The zero-order valence-electron chi connectivity index (χ0n) is 38.8. The number of esters is 3. The van der Waals surface area contributed by atoms with Crippen LogP contribution in [-0.4, -0.2) is 37.2 Å². The molecule has 0 aliphatic carbocycles. The highest BCUT2D eigenvalue weighted by Gasteiger charge is 2.19. The fourth-order valence-corrected chi connectivity index (χ4v) is 7.66. The van der Waals surface area contributed by atoms with Crippen molar-refractivity contribution in [2.75, 3.05) is 13.2 Å². The van der Waals surface area contributed by atoms with E-state index in [9.17, 15) is 14.4 Å². The number of ether oxygens (including phenoxy) is 3. The van der Waals surface area contributed by atoms with E-state index in [0.29, 0.717) is 19.3 Å². The lowest BCUT2D eigenvalue weighted by Gasteiger charge is -2.18. The largest absolute Gasteiger partial charge is 0.462 e. The molecule has 0 aliphatic rings. The second-order valence-corrected chi connectivity index (χ2v) is 17.7. The Hall–Kier alpha value is -1.59. The maximum atomic E-state index is 12.8. The molecule has 0 spiro atoms. The molecule has 0 radical (unpaired) electrons. The van der Waals surface area contributed by atoms with Crippen LogP contribution in [0.15, 0.2) is 0 Å². The van der Waals surface area contributed by atoms with Gasteiger partial charge in [-0.2, -0.15) is 0 Å². The Morgan fingerprint density at radius 3 is 0.912 bits per heavy atom. The van der Waals surface area contributed by atoms with Gasteiger partial charge < -0.3 is 14.2 Å². The number of carbonyl (C=O) groups is 3. The van der Waals surface area contributed by atoms with Crippen LogP contribution in [0.2, 0.25) is 0 Å². The average molecular weight is 807 g/mol. The first-order valence-corrected chi connectivity index (χ1v) is 25.4. The highest BCUT2D eigenvalue weighted by atomic mass is 16.6. The van der Waals surface area contributed by atoms with E-state index in [2.05, 4.69) is 27.7 Å². The Morgan fingerprint density at radius 2 is 0.614 bits per heavy atom. The molecule has 338 valence electrons. The monoisotopic (exact) mass is 807 g/mol. The highest BCUT2D eigenvalue weighted by molar-refractivity contribution is 5.71. The first kappa shape index (κ1) is 55.4. The van der Waals surface area contributed by atoms with Crippen LogP contribution in [0.25, 0.3) is 0 Å². The van der Waals surface area contributed by atoms with Crippen LogP contribution in [0.1, 0.15) is 285 Å². The Labute approximate surface area is 355 Å². The van der Waals surface area contributed by atoms with Crippen molar-refractivity contribution in [2.45, 2.75) is 291 Å². The molecule has 0 fully saturated rings. The quantitative estimate of drug-likeness (QED) is 0.0346. The summed E-state index contributed by atoms with van der Waals surface area (Å²) in [5.41, 5.74) is 0. The van der Waals surface area contributed by atoms with Crippen molar-refractivity contribution >= 4 is 17.9 Å². The van der Waals surface area contributed by atoms with Gasteiger partial charge in [-0.25, -0.2) is 0 Å². The minimum atomic E-state index is -0.760. The maximum Gasteiger partial charge on any atom is 0.306 e. The molecule has 0 bridgehead atoms. The van der Waals surface area contributed by atoms with Gasteiger partial charge in [-0.05, 0) is 25.2 Å². The zero-order valence-corrected chi connectivity index (χ0v) is 38.8. The molecule has 0 N–H and O–H groups in total. The molecule has 0 aromatic heterocycles. The summed E-state index contributed by atoms with van der Waals surface area (Å²) >= 11 is 0. The number of unbranched alkanes of at least 4 members (excludes halogenated alkanes) is 32. The molecule has 0 aromatic carbocycles. The molecular weight excluding hydrogens is 709 g/mol. The molecule has 6 nitrogen and oxygen atoms in total. The van der Waals surface area contributed by atoms with E-state index in [-0.39, 0.29) is 31.1 Å². The van der Waals surface area contributed by atoms with Crippen LogP contribution >= 0.6 is 0 Å². The van der Waals surface area contributed by atoms with E-state index in [1.54, 1.807) is 0 Å². The van der Waals surface area contributed by atoms with Gasteiger partial charge in [-0.1, -0.05) is 246 Å². The van der Waals surface area contributed by atoms with Gasteiger partial charge in [0.1, 0.15) is 13.2 Å². The van der Waals surface area contributed by atoms with Crippen molar-refractivity contribution in [1.29, 1.82) is 0 Å². The van der Waals surface area contributed by atoms with Crippen LogP contribution in [-0.2, 0) is 28.6 Å². The predicted molar refractivity (Wildman–Crippen MR) is 243 cm³/mol. The number of rotatable bonds is 46. The van der Waals surface area contributed by atoms with Gasteiger partial charge in [0, 0.05) is 19.3 Å². The number of carbonyl (C=O) groups excluding carboxylic acids is 3. The van der Waals surface area contributed by atoms with E-state index in [1.807, 2.05) is 0 Å².